The van der Waals surface area contributed by atoms with E-state index in [-0.39, 0.29) is 17.5 Å². The molecule has 6 nitrogen and oxygen atoms in total. The zero-order valence-electron chi connectivity index (χ0n) is 9.80. The molecule has 3 N–H and O–H groups in total. The Kier molecular flexibility index (Phi) is 3.53. The van der Waals surface area contributed by atoms with Crippen LogP contribution in [0.25, 0.3) is 0 Å². The SMILES string of the molecule is Nc1ccc(S(=O)(=O)NCN2CCCC2=O)cc1. The summed E-state index contributed by atoms with van der Waals surface area (Å²) in [5.41, 5.74) is 6.00. The van der Waals surface area contributed by atoms with E-state index >= 15 is 0 Å². The van der Waals surface area contributed by atoms with E-state index in [0.29, 0.717) is 18.7 Å². The summed E-state index contributed by atoms with van der Waals surface area (Å²) < 4.78 is 26.2. The van der Waals surface area contributed by atoms with Gasteiger partial charge in [-0.2, -0.15) is 4.72 Å². The maximum absolute atomic E-state index is 11.9. The van der Waals surface area contributed by atoms with Crippen LogP contribution in [0.1, 0.15) is 12.8 Å². The molecule has 7 heteroatoms. The normalized spacial score (nSPS) is 16.2. The van der Waals surface area contributed by atoms with E-state index in [1.165, 1.54) is 29.2 Å². The van der Waals surface area contributed by atoms with Crippen LogP contribution in [0.5, 0.6) is 0 Å². The number of hydrogen-bond donors (Lipinski definition) is 2. The lowest BCUT2D eigenvalue weighted by Gasteiger charge is -2.16. The third-order valence-electron chi connectivity index (χ3n) is 2.81. The van der Waals surface area contributed by atoms with Gasteiger partial charge in [-0.25, -0.2) is 8.42 Å². The van der Waals surface area contributed by atoms with Crippen molar-refractivity contribution in [3.8, 4) is 0 Å². The lowest BCUT2D eigenvalue weighted by atomic mass is 10.3. The van der Waals surface area contributed by atoms with Crippen molar-refractivity contribution in [2.75, 3.05) is 18.9 Å². The van der Waals surface area contributed by atoms with Crippen LogP contribution in [-0.4, -0.2) is 32.4 Å². The van der Waals surface area contributed by atoms with E-state index in [4.69, 9.17) is 5.73 Å². The molecule has 98 valence electrons. The number of nitrogens with zero attached hydrogens (tertiary/aromatic N) is 1. The van der Waals surface area contributed by atoms with Crippen molar-refractivity contribution in [3.05, 3.63) is 24.3 Å². The standard InChI is InChI=1S/C11H15N3O3S/c12-9-3-5-10(6-4-9)18(16,17)13-8-14-7-1-2-11(14)15/h3-6,13H,1-2,7-8,12H2. The summed E-state index contributed by atoms with van der Waals surface area (Å²) in [6, 6.07) is 5.91. The molecular formula is C11H15N3O3S. The molecule has 0 atom stereocenters. The maximum atomic E-state index is 11.9. The van der Waals surface area contributed by atoms with E-state index in [9.17, 15) is 13.2 Å². The number of anilines is 1. The number of benzene rings is 1. The highest BCUT2D eigenvalue weighted by atomic mass is 32.2. The van der Waals surface area contributed by atoms with Crippen molar-refractivity contribution in [1.82, 2.24) is 9.62 Å². The number of rotatable bonds is 4. The fraction of sp³-hybridized carbons (Fsp3) is 0.364. The zero-order valence-corrected chi connectivity index (χ0v) is 10.6. The lowest BCUT2D eigenvalue weighted by Crippen LogP contribution is -2.38. The summed E-state index contributed by atoms with van der Waals surface area (Å²) >= 11 is 0. The van der Waals surface area contributed by atoms with Crippen LogP contribution in [0.3, 0.4) is 0 Å². The van der Waals surface area contributed by atoms with Gasteiger partial charge in [0, 0.05) is 18.7 Å². The molecule has 0 aromatic heterocycles. The Bertz CT molecular complexity index is 539. The second-order valence-corrected chi connectivity index (χ2v) is 5.90. The summed E-state index contributed by atoms with van der Waals surface area (Å²) in [5, 5.41) is 0. The molecule has 1 aliphatic rings. The monoisotopic (exact) mass is 269 g/mol. The molecule has 0 spiro atoms. The topological polar surface area (TPSA) is 92.5 Å². The van der Waals surface area contributed by atoms with Crippen molar-refractivity contribution in [1.29, 1.82) is 0 Å². The Labute approximate surface area is 106 Å². The number of nitrogens with two attached hydrogens (primary N) is 1. The first-order valence-corrected chi connectivity index (χ1v) is 7.10. The predicted molar refractivity (Wildman–Crippen MR) is 67.0 cm³/mol. The van der Waals surface area contributed by atoms with E-state index in [2.05, 4.69) is 4.72 Å². The van der Waals surface area contributed by atoms with Gasteiger partial charge in [0.2, 0.25) is 15.9 Å². The number of hydrogen-bond acceptors (Lipinski definition) is 4. The molecule has 0 radical (unpaired) electrons. The van der Waals surface area contributed by atoms with Gasteiger partial charge in [-0.15, -0.1) is 0 Å². The Hall–Kier alpha value is -1.60. The highest BCUT2D eigenvalue weighted by molar-refractivity contribution is 7.89. The first kappa shape index (κ1) is 12.8. The summed E-state index contributed by atoms with van der Waals surface area (Å²) in [4.78, 5) is 13.0. The van der Waals surface area contributed by atoms with E-state index in [1.54, 1.807) is 0 Å². The first-order chi connectivity index (χ1) is 8.49. The Morgan fingerprint density at radius 1 is 1.28 bits per heavy atom. The number of carbonyl (C=O) groups excluding carboxylic acids is 1. The quantitative estimate of drug-likeness (QED) is 0.760. The summed E-state index contributed by atoms with van der Waals surface area (Å²) in [6.07, 6.45) is 1.27. The molecule has 1 aromatic rings. The van der Waals surface area contributed by atoms with E-state index in [0.717, 1.165) is 6.42 Å². The smallest absolute Gasteiger partial charge is 0.242 e. The second kappa shape index (κ2) is 4.95. The van der Waals surface area contributed by atoms with Crippen LogP contribution in [-0.2, 0) is 14.8 Å². The van der Waals surface area contributed by atoms with Crippen LogP contribution in [0.4, 0.5) is 5.69 Å². The fourth-order valence-electron chi connectivity index (χ4n) is 1.76. The van der Waals surface area contributed by atoms with Gasteiger partial charge in [-0.05, 0) is 30.7 Å². The number of sulfonamides is 1. The van der Waals surface area contributed by atoms with Gasteiger partial charge in [-0.3, -0.25) is 4.79 Å². The van der Waals surface area contributed by atoms with Crippen molar-refractivity contribution in [2.45, 2.75) is 17.7 Å². The summed E-state index contributed by atoms with van der Waals surface area (Å²) in [7, 11) is -3.59. The molecule has 1 amide bonds. The van der Waals surface area contributed by atoms with Crippen molar-refractivity contribution in [3.63, 3.8) is 0 Å². The van der Waals surface area contributed by atoms with Crippen LogP contribution in [0, 0.1) is 0 Å². The largest absolute Gasteiger partial charge is 0.399 e. The van der Waals surface area contributed by atoms with Crippen LogP contribution in [0.2, 0.25) is 0 Å². The highest BCUT2D eigenvalue weighted by Gasteiger charge is 2.22. The third kappa shape index (κ3) is 2.80. The Morgan fingerprint density at radius 2 is 1.94 bits per heavy atom. The van der Waals surface area contributed by atoms with Crippen molar-refractivity contribution in [2.24, 2.45) is 0 Å². The first-order valence-electron chi connectivity index (χ1n) is 5.62. The molecular weight excluding hydrogens is 254 g/mol. The minimum atomic E-state index is -3.59. The minimum Gasteiger partial charge on any atom is -0.399 e. The fourth-order valence-corrected chi connectivity index (χ4v) is 2.75. The van der Waals surface area contributed by atoms with Gasteiger partial charge >= 0.3 is 0 Å². The molecule has 1 fully saturated rings. The van der Waals surface area contributed by atoms with Crippen LogP contribution < -0.4 is 10.5 Å². The molecule has 1 saturated heterocycles. The summed E-state index contributed by atoms with van der Waals surface area (Å²) in [5.74, 6) is -0.0185. The third-order valence-corrected chi connectivity index (χ3v) is 4.21. The van der Waals surface area contributed by atoms with Gasteiger partial charge < -0.3 is 10.6 Å². The minimum absolute atomic E-state index is 0.0185. The zero-order chi connectivity index (χ0) is 13.2. The van der Waals surface area contributed by atoms with Crippen molar-refractivity contribution >= 4 is 21.6 Å². The van der Waals surface area contributed by atoms with Crippen molar-refractivity contribution < 1.29 is 13.2 Å². The Balaban J connectivity index is 2.03. The molecule has 1 heterocycles. The predicted octanol–water partition coefficient (Wildman–Crippen LogP) is 0.127. The molecule has 0 saturated carbocycles. The molecule has 18 heavy (non-hydrogen) atoms. The lowest BCUT2D eigenvalue weighted by molar-refractivity contribution is -0.127. The van der Waals surface area contributed by atoms with Crippen LogP contribution in [0.15, 0.2) is 29.2 Å². The maximum Gasteiger partial charge on any atom is 0.242 e. The van der Waals surface area contributed by atoms with Crippen LogP contribution >= 0.6 is 0 Å². The van der Waals surface area contributed by atoms with Gasteiger partial charge in [0.25, 0.3) is 0 Å². The molecule has 0 bridgehead atoms. The average molecular weight is 269 g/mol. The van der Waals surface area contributed by atoms with Gasteiger partial charge in [0.05, 0.1) is 11.6 Å². The second-order valence-electron chi connectivity index (χ2n) is 4.14. The Morgan fingerprint density at radius 3 is 2.50 bits per heavy atom. The van der Waals surface area contributed by atoms with E-state index < -0.39 is 10.0 Å². The molecule has 1 aromatic carbocycles. The number of amides is 1. The van der Waals surface area contributed by atoms with Gasteiger partial charge in [0.15, 0.2) is 0 Å². The van der Waals surface area contributed by atoms with E-state index in [1.807, 2.05) is 0 Å². The number of nitrogens with one attached hydrogen (secondary N) is 1. The number of nitrogen functional groups attached to an aromatic ring is 1. The van der Waals surface area contributed by atoms with Gasteiger partial charge in [0.1, 0.15) is 0 Å². The molecule has 1 aliphatic heterocycles. The highest BCUT2D eigenvalue weighted by Crippen LogP contribution is 2.12. The molecule has 2 rings (SSSR count). The molecule has 0 unspecified atom stereocenters. The molecule has 0 aliphatic carbocycles. The summed E-state index contributed by atoms with van der Waals surface area (Å²) in [6.45, 7) is 0.620. The number of carbonyl (C=O) groups is 1. The number of likely N-dealkylation sites (tertiary alicyclic amines) is 1. The average Bonchev–Trinajstić information content (AvgIpc) is 2.73. The van der Waals surface area contributed by atoms with Gasteiger partial charge in [-0.1, -0.05) is 0 Å².